The molecule has 4 aromatic carbocycles. The molecule has 1 aliphatic carbocycles. The molecule has 2 heterocycles. The highest BCUT2D eigenvalue weighted by molar-refractivity contribution is 6.10. The van der Waals surface area contributed by atoms with Crippen molar-refractivity contribution in [1.82, 2.24) is 20.0 Å². The molecule has 7 rings (SSSR count). The normalized spacial score (nSPS) is 11.2. The first-order valence-corrected chi connectivity index (χ1v) is 17.0. The Bertz CT molecular complexity index is 2360. The quantitative estimate of drug-likeness (QED) is 0.0613. The van der Waals surface area contributed by atoms with E-state index in [1.54, 1.807) is 14.2 Å². The first kappa shape index (κ1) is 33.3. The molecule has 2 aliphatic rings. The van der Waals surface area contributed by atoms with Crippen LogP contribution in [0.25, 0.3) is 55.7 Å². The minimum atomic E-state index is -0.130. The van der Waals surface area contributed by atoms with E-state index in [0.29, 0.717) is 18.0 Å². The summed E-state index contributed by atoms with van der Waals surface area (Å²) in [6.07, 6.45) is 1.72. The van der Waals surface area contributed by atoms with Gasteiger partial charge in [0.25, 0.3) is 0 Å². The third-order valence-electron chi connectivity index (χ3n) is 8.96. The first-order valence-electron chi connectivity index (χ1n) is 17.0. The number of rotatable bonds is 12. The molecule has 5 aromatic rings. The molecule has 1 aliphatic heterocycles. The van der Waals surface area contributed by atoms with Gasteiger partial charge in [-0.05, 0) is 60.9 Å². The molecular weight excluding hydrogens is 642 g/mol. The second kappa shape index (κ2) is 14.8. The van der Waals surface area contributed by atoms with Crippen LogP contribution in [0.3, 0.4) is 0 Å². The van der Waals surface area contributed by atoms with Crippen LogP contribution in [-0.2, 0) is 11.2 Å². The maximum atomic E-state index is 13.1. The number of nitrogens with zero attached hydrogens (tertiary/aromatic N) is 3. The summed E-state index contributed by atoms with van der Waals surface area (Å²) >= 11 is 0. The van der Waals surface area contributed by atoms with Crippen LogP contribution >= 0.6 is 0 Å². The van der Waals surface area contributed by atoms with Gasteiger partial charge >= 0.3 is 0 Å². The largest absolute Gasteiger partial charge is 0.497 e. The van der Waals surface area contributed by atoms with Crippen LogP contribution in [-0.4, -0.2) is 57.5 Å². The van der Waals surface area contributed by atoms with E-state index in [2.05, 4.69) is 27.9 Å². The van der Waals surface area contributed by atoms with Gasteiger partial charge < -0.3 is 29.0 Å². The fraction of sp³-hybridized carbons (Fsp3) is 0.220. The van der Waals surface area contributed by atoms with Crippen molar-refractivity contribution in [2.45, 2.75) is 19.3 Å². The zero-order valence-electron chi connectivity index (χ0n) is 29.2. The van der Waals surface area contributed by atoms with Crippen LogP contribution < -0.4 is 30.0 Å². The minimum Gasteiger partial charge on any atom is -0.497 e. The number of aromatic nitrogens is 2. The number of ether oxygens (including phenoxy) is 2. The van der Waals surface area contributed by atoms with Crippen LogP contribution in [0.5, 0.6) is 11.5 Å². The monoisotopic (exact) mass is 682 g/mol. The standard InChI is InChI=1S/C41H39N5O5/c1-46(2)28-15-20-33-35(23-28)50-37-24-34(31-9-5-6-10-32(31)41(37)44-33)42-21-7-8-22-43-38(47)25-36-39(26-11-16-29(48-3)17-12-26)40(45-51-36)27-13-18-30(49-4)19-14-27/h5-6,9-20,23-24H,7-8,21-22,25H2,1-4H3,(H,43,47)/p+1. The van der Waals surface area contributed by atoms with E-state index in [1.165, 1.54) is 0 Å². The van der Waals surface area contributed by atoms with Gasteiger partial charge in [0, 0.05) is 47.2 Å². The summed E-state index contributed by atoms with van der Waals surface area (Å²) in [5.74, 6) is 2.59. The molecule has 0 saturated heterocycles. The van der Waals surface area contributed by atoms with Gasteiger partial charge in [0.15, 0.2) is 17.1 Å². The third kappa shape index (κ3) is 7.12. The van der Waals surface area contributed by atoms with Crippen molar-refractivity contribution in [2.75, 3.05) is 46.7 Å². The molecule has 1 aromatic heterocycles. The van der Waals surface area contributed by atoms with Gasteiger partial charge in [-0.3, -0.25) is 4.79 Å². The van der Waals surface area contributed by atoms with Gasteiger partial charge in [-0.2, -0.15) is 0 Å². The molecular formula is C41H40N5O5+. The van der Waals surface area contributed by atoms with Crippen LogP contribution in [0.1, 0.15) is 18.6 Å². The topological polar surface area (TPSA) is 115 Å². The highest BCUT2D eigenvalue weighted by atomic mass is 16.5. The predicted octanol–water partition coefficient (Wildman–Crippen LogP) is 7.01. The lowest BCUT2D eigenvalue weighted by Crippen LogP contribution is -2.26. The summed E-state index contributed by atoms with van der Waals surface area (Å²) in [6, 6.07) is 31.6. The number of unbranched alkanes of at least 4 members (excludes halogenated alkanes) is 1. The molecule has 10 nitrogen and oxygen atoms in total. The number of hydrogen-bond acceptors (Lipinski definition) is 8. The average Bonchev–Trinajstić information content (AvgIpc) is 3.58. The molecule has 0 spiro atoms. The molecule has 258 valence electrons. The molecule has 0 saturated carbocycles. The van der Waals surface area contributed by atoms with Crippen molar-refractivity contribution in [3.63, 3.8) is 0 Å². The van der Waals surface area contributed by atoms with Crippen molar-refractivity contribution < 1.29 is 23.2 Å². The highest BCUT2D eigenvalue weighted by Gasteiger charge is 2.22. The molecule has 51 heavy (non-hydrogen) atoms. The van der Waals surface area contributed by atoms with E-state index in [4.69, 9.17) is 23.4 Å². The predicted molar refractivity (Wildman–Crippen MR) is 200 cm³/mol. The van der Waals surface area contributed by atoms with Crippen molar-refractivity contribution in [3.8, 4) is 45.3 Å². The molecule has 2 N–H and O–H groups in total. The maximum Gasteiger partial charge on any atom is 0.227 e. The second-order valence-electron chi connectivity index (χ2n) is 12.5. The number of carbonyl (C=O) groups is 1. The first-order chi connectivity index (χ1) is 24.9. The number of benzene rings is 5. The van der Waals surface area contributed by atoms with Crippen LogP contribution in [0.2, 0.25) is 0 Å². The van der Waals surface area contributed by atoms with Crippen LogP contribution in [0, 0.1) is 0 Å². The Kier molecular flexibility index (Phi) is 9.65. The fourth-order valence-corrected chi connectivity index (χ4v) is 6.22. The number of hydrogen-bond donors (Lipinski definition) is 2. The molecule has 1 amide bonds. The van der Waals surface area contributed by atoms with E-state index in [-0.39, 0.29) is 12.3 Å². The maximum absolute atomic E-state index is 13.1. The summed E-state index contributed by atoms with van der Waals surface area (Å²) in [5, 5.41) is 14.2. The number of carbonyl (C=O) groups excluding carboxylic acids is 1. The van der Waals surface area contributed by atoms with Crippen molar-refractivity contribution in [2.24, 2.45) is 0 Å². The Morgan fingerprint density at radius 2 is 1.49 bits per heavy atom. The zero-order chi connectivity index (χ0) is 35.3. The van der Waals surface area contributed by atoms with E-state index >= 15 is 0 Å². The Morgan fingerprint density at radius 1 is 0.804 bits per heavy atom. The third-order valence-corrected chi connectivity index (χ3v) is 8.96. The molecule has 0 atom stereocenters. The van der Waals surface area contributed by atoms with Gasteiger partial charge in [0.05, 0.1) is 32.3 Å². The Balaban J connectivity index is 1.00. The average molecular weight is 683 g/mol. The summed E-state index contributed by atoms with van der Waals surface area (Å²) in [5.41, 5.74) is 6.54. The molecule has 0 unspecified atom stereocenters. The molecule has 0 fully saturated rings. The van der Waals surface area contributed by atoms with Gasteiger partial charge in [-0.25, -0.2) is 9.56 Å². The number of fused-ring (bicyclic) bond motifs is 4. The lowest BCUT2D eigenvalue weighted by Gasteiger charge is -2.13. The van der Waals surface area contributed by atoms with E-state index in [0.717, 1.165) is 91.9 Å². The summed E-state index contributed by atoms with van der Waals surface area (Å²) in [6.45, 7) is 1.27. The van der Waals surface area contributed by atoms with Crippen LogP contribution in [0.15, 0.2) is 106 Å². The smallest absolute Gasteiger partial charge is 0.227 e. The summed E-state index contributed by atoms with van der Waals surface area (Å²) in [7, 11) is 7.27. The van der Waals surface area contributed by atoms with Gasteiger partial charge in [0.1, 0.15) is 42.5 Å². The van der Waals surface area contributed by atoms with Crippen molar-refractivity contribution in [1.29, 1.82) is 0 Å². The zero-order valence-corrected chi connectivity index (χ0v) is 29.2. The minimum absolute atomic E-state index is 0.0636. The van der Waals surface area contributed by atoms with Crippen molar-refractivity contribution in [3.05, 3.63) is 108 Å². The number of amides is 1. The van der Waals surface area contributed by atoms with E-state index in [9.17, 15) is 4.79 Å². The van der Waals surface area contributed by atoms with E-state index in [1.807, 2.05) is 104 Å². The van der Waals surface area contributed by atoms with Gasteiger partial charge in [-0.15, -0.1) is 0 Å². The second-order valence-corrected chi connectivity index (χ2v) is 12.5. The lowest BCUT2D eigenvalue weighted by atomic mass is 9.98. The lowest BCUT2D eigenvalue weighted by molar-refractivity contribution is -0.120. The summed E-state index contributed by atoms with van der Waals surface area (Å²) in [4.78, 5) is 18.1. The molecule has 0 bridgehead atoms. The Morgan fingerprint density at radius 3 is 2.20 bits per heavy atom. The number of anilines is 1. The SMILES string of the molecule is COc1ccc(-c2noc(CC(=O)NCCCCNc3cc4oc5cc(=[N+](C)C)ccc-5nc4c4ccccc34)c2-c2ccc(OC)cc2)cc1. The Hall–Kier alpha value is -6.16. The highest BCUT2D eigenvalue weighted by Crippen LogP contribution is 2.37. The van der Waals surface area contributed by atoms with Crippen molar-refractivity contribution >= 4 is 33.5 Å². The van der Waals surface area contributed by atoms with Gasteiger partial charge in [0.2, 0.25) is 11.3 Å². The fourth-order valence-electron chi connectivity index (χ4n) is 6.22. The molecule has 10 heteroatoms. The van der Waals surface area contributed by atoms with Crippen LogP contribution in [0.4, 0.5) is 5.69 Å². The number of nitrogens with one attached hydrogen (secondary N) is 2. The summed E-state index contributed by atoms with van der Waals surface area (Å²) < 4.78 is 24.9. The van der Waals surface area contributed by atoms with E-state index < -0.39 is 0 Å². The molecule has 0 radical (unpaired) electrons. The van der Waals surface area contributed by atoms with Gasteiger partial charge in [-0.1, -0.05) is 41.6 Å². The Labute approximate surface area is 295 Å². The number of methoxy groups -OCH3 is 2.